The fourth-order valence-corrected chi connectivity index (χ4v) is 3.19. The molecule has 0 atom stereocenters. The molecule has 9 heteroatoms. The van der Waals surface area contributed by atoms with E-state index in [1.807, 2.05) is 6.07 Å². The van der Waals surface area contributed by atoms with Crippen LogP contribution < -0.4 is 26.4 Å². The Morgan fingerprint density at radius 2 is 1.78 bits per heavy atom. The summed E-state index contributed by atoms with van der Waals surface area (Å²) in [7, 11) is 1.58. The van der Waals surface area contributed by atoms with E-state index in [1.165, 1.54) is 0 Å². The lowest BCUT2D eigenvalue weighted by Gasteiger charge is -2.10. The Labute approximate surface area is 183 Å². The zero-order valence-corrected chi connectivity index (χ0v) is 17.2. The topological polar surface area (TPSA) is 132 Å². The van der Waals surface area contributed by atoms with Crippen molar-refractivity contribution in [3.8, 4) is 5.75 Å². The van der Waals surface area contributed by atoms with Crippen LogP contribution in [0.1, 0.15) is 15.9 Å². The smallest absolute Gasteiger partial charge is 0.319 e. The van der Waals surface area contributed by atoms with Gasteiger partial charge in [0, 0.05) is 17.9 Å². The number of benzene rings is 3. The van der Waals surface area contributed by atoms with Gasteiger partial charge in [-0.3, -0.25) is 4.79 Å². The minimum atomic E-state index is -0.348. The fourth-order valence-electron chi connectivity index (χ4n) is 3.19. The Hall–Kier alpha value is -4.53. The molecule has 9 nitrogen and oxygen atoms in total. The van der Waals surface area contributed by atoms with Gasteiger partial charge in [-0.2, -0.15) is 0 Å². The molecule has 0 saturated carbocycles. The van der Waals surface area contributed by atoms with E-state index in [9.17, 15) is 9.59 Å². The number of nitrogens with two attached hydrogens (primary N) is 1. The Morgan fingerprint density at radius 1 is 1.00 bits per heavy atom. The first kappa shape index (κ1) is 20.7. The minimum absolute atomic E-state index is 0.159. The molecule has 0 saturated heterocycles. The van der Waals surface area contributed by atoms with Crippen molar-refractivity contribution in [3.05, 3.63) is 77.9 Å². The molecule has 4 rings (SSSR count). The van der Waals surface area contributed by atoms with Crippen LogP contribution in [-0.2, 0) is 6.54 Å². The van der Waals surface area contributed by atoms with Crippen molar-refractivity contribution in [2.45, 2.75) is 6.54 Å². The van der Waals surface area contributed by atoms with Crippen LogP contribution in [-0.4, -0.2) is 24.2 Å². The summed E-state index contributed by atoms with van der Waals surface area (Å²) >= 11 is 0. The highest BCUT2D eigenvalue weighted by molar-refractivity contribution is 6.14. The van der Waals surface area contributed by atoms with Gasteiger partial charge in [0.2, 0.25) is 0 Å². The quantitative estimate of drug-likeness (QED) is 0.365. The lowest BCUT2D eigenvalue weighted by atomic mass is 10.1. The monoisotopic (exact) mass is 431 g/mol. The van der Waals surface area contributed by atoms with E-state index < -0.39 is 0 Å². The molecular weight excluding hydrogens is 410 g/mol. The fraction of sp³-hybridized carbons (Fsp3) is 0.0870. The van der Waals surface area contributed by atoms with E-state index in [-0.39, 0.29) is 24.3 Å². The van der Waals surface area contributed by atoms with Gasteiger partial charge in [-0.05, 0) is 54.1 Å². The summed E-state index contributed by atoms with van der Waals surface area (Å²) in [4.78, 5) is 24.9. The van der Waals surface area contributed by atoms with Crippen LogP contribution >= 0.6 is 0 Å². The van der Waals surface area contributed by atoms with Crippen molar-refractivity contribution in [2.75, 3.05) is 23.5 Å². The van der Waals surface area contributed by atoms with Crippen molar-refractivity contribution in [2.24, 2.45) is 0 Å². The van der Waals surface area contributed by atoms with E-state index in [2.05, 4.69) is 21.1 Å². The number of carbonyl (C=O) groups is 2. The van der Waals surface area contributed by atoms with Gasteiger partial charge in [-0.1, -0.05) is 23.4 Å². The van der Waals surface area contributed by atoms with Crippen LogP contribution in [0.15, 0.2) is 71.3 Å². The van der Waals surface area contributed by atoms with E-state index in [1.54, 1.807) is 67.8 Å². The number of hydrogen-bond donors (Lipinski definition) is 4. The van der Waals surface area contributed by atoms with Crippen molar-refractivity contribution in [3.63, 3.8) is 0 Å². The zero-order chi connectivity index (χ0) is 22.5. The number of methoxy groups -OCH3 is 1. The number of carbonyl (C=O) groups excluding carboxylic acids is 2. The third-order valence-corrected chi connectivity index (χ3v) is 4.76. The molecule has 4 aromatic rings. The standard InChI is InChI=1S/C23H21N5O4/c1-31-17-10-8-15(9-11-17)27-23(30)25-13-14-4-2-5-16(12-14)26-22(29)18-6-3-7-19-20(18)21(24)28-32-19/h2-12H,13H2,1H3,(H2,24,28)(H,26,29)(H2,25,27,30). The van der Waals surface area contributed by atoms with Crippen molar-refractivity contribution >= 4 is 40.1 Å². The molecule has 0 bridgehead atoms. The second kappa shape index (κ2) is 9.09. The van der Waals surface area contributed by atoms with Gasteiger partial charge in [0.25, 0.3) is 5.91 Å². The number of anilines is 3. The van der Waals surface area contributed by atoms with Gasteiger partial charge in [-0.25, -0.2) is 4.79 Å². The first-order valence-electron chi connectivity index (χ1n) is 9.76. The number of amides is 3. The van der Waals surface area contributed by atoms with Crippen molar-refractivity contribution < 1.29 is 18.8 Å². The number of rotatable bonds is 6. The number of nitrogens with zero attached hydrogens (tertiary/aromatic N) is 1. The van der Waals surface area contributed by atoms with Crippen LogP contribution in [0.25, 0.3) is 11.0 Å². The summed E-state index contributed by atoms with van der Waals surface area (Å²) < 4.78 is 10.2. The number of ether oxygens (including phenoxy) is 1. The highest BCUT2D eigenvalue weighted by Crippen LogP contribution is 2.25. The molecule has 0 fully saturated rings. The third kappa shape index (κ3) is 4.62. The number of hydrogen-bond acceptors (Lipinski definition) is 6. The molecule has 0 spiro atoms. The normalized spacial score (nSPS) is 10.5. The molecule has 1 heterocycles. The molecule has 0 unspecified atom stereocenters. The maximum absolute atomic E-state index is 12.8. The Kier molecular flexibility index (Phi) is 5.89. The molecule has 162 valence electrons. The zero-order valence-electron chi connectivity index (χ0n) is 17.2. The SMILES string of the molecule is COc1ccc(NC(=O)NCc2cccc(NC(=O)c3cccc4onc(N)c34)c2)cc1. The average Bonchev–Trinajstić information content (AvgIpc) is 3.19. The molecule has 0 aliphatic heterocycles. The molecule has 0 aliphatic carbocycles. The molecule has 3 amide bonds. The molecule has 0 radical (unpaired) electrons. The Balaban J connectivity index is 1.38. The summed E-state index contributed by atoms with van der Waals surface area (Å²) in [5.41, 5.74) is 8.68. The number of aromatic nitrogens is 1. The minimum Gasteiger partial charge on any atom is -0.497 e. The van der Waals surface area contributed by atoms with Crippen LogP contribution in [0.4, 0.5) is 22.0 Å². The molecular formula is C23H21N5O4. The van der Waals surface area contributed by atoms with Crippen LogP contribution in [0.5, 0.6) is 5.75 Å². The number of nitrogens with one attached hydrogen (secondary N) is 3. The predicted octanol–water partition coefficient (Wildman–Crippen LogP) is 3.99. The van der Waals surface area contributed by atoms with E-state index in [4.69, 9.17) is 15.0 Å². The lowest BCUT2D eigenvalue weighted by molar-refractivity contribution is 0.102. The third-order valence-electron chi connectivity index (χ3n) is 4.76. The largest absolute Gasteiger partial charge is 0.497 e. The van der Waals surface area contributed by atoms with E-state index >= 15 is 0 Å². The number of nitrogen functional groups attached to an aromatic ring is 1. The van der Waals surface area contributed by atoms with Crippen LogP contribution in [0, 0.1) is 0 Å². The summed E-state index contributed by atoms with van der Waals surface area (Å²) in [5, 5.41) is 12.6. The van der Waals surface area contributed by atoms with Gasteiger partial charge in [0.15, 0.2) is 11.4 Å². The van der Waals surface area contributed by atoms with Crippen molar-refractivity contribution in [1.82, 2.24) is 10.5 Å². The molecule has 3 aromatic carbocycles. The molecule has 5 N–H and O–H groups in total. The molecule has 1 aromatic heterocycles. The highest BCUT2D eigenvalue weighted by Gasteiger charge is 2.16. The van der Waals surface area contributed by atoms with Gasteiger partial charge in [0.1, 0.15) is 5.75 Å². The van der Waals surface area contributed by atoms with Crippen LogP contribution in [0.3, 0.4) is 0 Å². The predicted molar refractivity (Wildman–Crippen MR) is 122 cm³/mol. The average molecular weight is 431 g/mol. The second-order valence-corrected chi connectivity index (χ2v) is 6.94. The lowest BCUT2D eigenvalue weighted by Crippen LogP contribution is -2.28. The van der Waals surface area contributed by atoms with E-state index in [0.717, 1.165) is 5.56 Å². The van der Waals surface area contributed by atoms with E-state index in [0.29, 0.717) is 33.7 Å². The maximum Gasteiger partial charge on any atom is 0.319 e. The van der Waals surface area contributed by atoms with Gasteiger partial charge >= 0.3 is 6.03 Å². The van der Waals surface area contributed by atoms with Gasteiger partial charge in [0.05, 0.1) is 18.1 Å². The van der Waals surface area contributed by atoms with Crippen molar-refractivity contribution in [1.29, 1.82) is 0 Å². The summed E-state index contributed by atoms with van der Waals surface area (Å²) in [6.45, 7) is 0.278. The second-order valence-electron chi connectivity index (χ2n) is 6.94. The number of urea groups is 1. The first-order chi connectivity index (χ1) is 15.5. The summed E-state index contributed by atoms with van der Waals surface area (Å²) in [5.74, 6) is 0.525. The van der Waals surface area contributed by atoms with Gasteiger partial charge in [-0.15, -0.1) is 0 Å². The number of fused-ring (bicyclic) bond motifs is 1. The Morgan fingerprint density at radius 3 is 2.56 bits per heavy atom. The molecule has 0 aliphatic rings. The first-order valence-corrected chi connectivity index (χ1v) is 9.76. The summed E-state index contributed by atoms with van der Waals surface area (Å²) in [6, 6.07) is 18.9. The van der Waals surface area contributed by atoms with Gasteiger partial charge < -0.3 is 30.9 Å². The molecule has 32 heavy (non-hydrogen) atoms. The highest BCUT2D eigenvalue weighted by atomic mass is 16.5. The Bertz CT molecular complexity index is 1270. The maximum atomic E-state index is 12.8. The van der Waals surface area contributed by atoms with Crippen LogP contribution in [0.2, 0.25) is 0 Å². The summed E-state index contributed by atoms with van der Waals surface area (Å²) in [6.07, 6.45) is 0.